The first-order valence-electron chi connectivity index (χ1n) is 5.55. The van der Waals surface area contributed by atoms with E-state index in [4.69, 9.17) is 10.6 Å². The number of benzene rings is 1. The topological polar surface area (TPSA) is 128 Å². The number of hydrogen-bond donors (Lipinski definition) is 2. The second kappa shape index (κ2) is 6.61. The average Bonchev–Trinajstić information content (AvgIpc) is 2.43. The summed E-state index contributed by atoms with van der Waals surface area (Å²) in [5, 5.41) is 10.8. The van der Waals surface area contributed by atoms with Gasteiger partial charge in [0, 0.05) is 26.8 Å². The number of nitrogens with one attached hydrogen (secondary N) is 1. The van der Waals surface area contributed by atoms with Gasteiger partial charge in [-0.15, -0.1) is 0 Å². The van der Waals surface area contributed by atoms with Crippen molar-refractivity contribution in [2.75, 3.05) is 32.7 Å². The molecule has 0 aliphatic heterocycles. The first-order valence-corrected chi connectivity index (χ1v) is 6.99. The Morgan fingerprint density at radius 2 is 2.15 bits per heavy atom. The number of hydrogen-bond acceptors (Lipinski definition) is 7. The number of hydrazine groups is 1. The van der Waals surface area contributed by atoms with Crippen molar-refractivity contribution in [3.63, 3.8) is 0 Å². The maximum atomic E-state index is 12.2. The van der Waals surface area contributed by atoms with Gasteiger partial charge in [0.2, 0.25) is 10.0 Å². The number of nitrogens with zero attached hydrogens (tertiary/aromatic N) is 2. The zero-order valence-electron chi connectivity index (χ0n) is 11.1. The minimum atomic E-state index is -3.75. The average molecular weight is 304 g/mol. The molecule has 0 bridgehead atoms. The Hall–Kier alpha value is -1.75. The smallest absolute Gasteiger partial charge is 0.293 e. The van der Waals surface area contributed by atoms with Crippen LogP contribution in [0.1, 0.15) is 0 Å². The van der Waals surface area contributed by atoms with Crippen molar-refractivity contribution >= 4 is 21.4 Å². The molecule has 1 aromatic rings. The van der Waals surface area contributed by atoms with Gasteiger partial charge in [0.1, 0.15) is 5.69 Å². The fraction of sp³-hybridized carbons (Fsp3) is 0.400. The highest BCUT2D eigenvalue weighted by Gasteiger charge is 2.23. The maximum Gasteiger partial charge on any atom is 0.293 e. The molecular formula is C10H16N4O5S. The van der Waals surface area contributed by atoms with Gasteiger partial charge in [-0.3, -0.25) is 16.0 Å². The lowest BCUT2D eigenvalue weighted by molar-refractivity contribution is -0.384. The van der Waals surface area contributed by atoms with Crippen molar-refractivity contribution in [2.24, 2.45) is 5.84 Å². The first-order chi connectivity index (χ1) is 9.34. The van der Waals surface area contributed by atoms with Crippen LogP contribution in [0.3, 0.4) is 0 Å². The lowest BCUT2D eigenvalue weighted by Crippen LogP contribution is -2.30. The molecule has 0 saturated carbocycles. The summed E-state index contributed by atoms with van der Waals surface area (Å²) in [7, 11) is -0.896. The third-order valence-corrected chi connectivity index (χ3v) is 4.49. The van der Waals surface area contributed by atoms with E-state index in [1.165, 1.54) is 14.2 Å². The van der Waals surface area contributed by atoms with Gasteiger partial charge in [-0.25, -0.2) is 8.42 Å². The molecule has 0 aliphatic rings. The van der Waals surface area contributed by atoms with Gasteiger partial charge in [0.25, 0.3) is 5.69 Å². The van der Waals surface area contributed by atoms with Crippen LogP contribution < -0.4 is 11.3 Å². The van der Waals surface area contributed by atoms with E-state index >= 15 is 0 Å². The van der Waals surface area contributed by atoms with E-state index in [1.807, 2.05) is 0 Å². The second-order valence-electron chi connectivity index (χ2n) is 3.90. The van der Waals surface area contributed by atoms with Crippen molar-refractivity contribution in [2.45, 2.75) is 4.90 Å². The number of rotatable bonds is 7. The largest absolute Gasteiger partial charge is 0.383 e. The number of likely N-dealkylation sites (N-methyl/N-ethyl adjacent to an activating group) is 1. The van der Waals surface area contributed by atoms with Crippen LogP contribution in [0.25, 0.3) is 0 Å². The Morgan fingerprint density at radius 3 is 2.65 bits per heavy atom. The predicted octanol–water partition coefficient (Wildman–Crippen LogP) is 0.147. The molecule has 0 amide bonds. The van der Waals surface area contributed by atoms with Crippen molar-refractivity contribution in [3.05, 3.63) is 28.3 Å². The molecule has 0 saturated heterocycles. The van der Waals surface area contributed by atoms with E-state index in [1.54, 1.807) is 0 Å². The standard InChI is InChI=1S/C10H16N4O5S/c1-13(5-6-19-2)20(17,18)8-3-4-10(14(15)16)9(7-8)12-11/h3-4,7,12H,5-6,11H2,1-2H3. The van der Waals surface area contributed by atoms with Crippen LogP contribution in [0.5, 0.6) is 0 Å². The molecule has 0 aliphatic carbocycles. The molecule has 1 rings (SSSR count). The first kappa shape index (κ1) is 16.3. The van der Waals surface area contributed by atoms with Gasteiger partial charge in [0.05, 0.1) is 16.4 Å². The van der Waals surface area contributed by atoms with Crippen LogP contribution in [0, 0.1) is 10.1 Å². The Bertz CT molecular complexity index is 589. The van der Waals surface area contributed by atoms with Crippen molar-refractivity contribution in [1.29, 1.82) is 0 Å². The van der Waals surface area contributed by atoms with E-state index < -0.39 is 14.9 Å². The second-order valence-corrected chi connectivity index (χ2v) is 5.94. The number of nitro benzene ring substituents is 1. The molecular weight excluding hydrogens is 288 g/mol. The van der Waals surface area contributed by atoms with Gasteiger partial charge < -0.3 is 10.2 Å². The van der Waals surface area contributed by atoms with Crippen LogP contribution >= 0.6 is 0 Å². The van der Waals surface area contributed by atoms with Crippen molar-refractivity contribution in [3.8, 4) is 0 Å². The summed E-state index contributed by atoms with van der Waals surface area (Å²) >= 11 is 0. The number of nitro groups is 1. The number of anilines is 1. The van der Waals surface area contributed by atoms with E-state index in [-0.39, 0.29) is 29.4 Å². The maximum absolute atomic E-state index is 12.2. The van der Waals surface area contributed by atoms with Crippen LogP contribution in [0.2, 0.25) is 0 Å². The zero-order valence-corrected chi connectivity index (χ0v) is 11.9. The number of methoxy groups -OCH3 is 1. The minimum absolute atomic E-state index is 0.0729. The summed E-state index contributed by atoms with van der Waals surface area (Å²) in [6.45, 7) is 0.409. The summed E-state index contributed by atoms with van der Waals surface area (Å²) in [6, 6.07) is 3.38. The molecule has 9 nitrogen and oxygen atoms in total. The van der Waals surface area contributed by atoms with E-state index in [0.29, 0.717) is 0 Å². The lowest BCUT2D eigenvalue weighted by Gasteiger charge is -2.17. The molecule has 112 valence electrons. The van der Waals surface area contributed by atoms with Crippen molar-refractivity contribution < 1.29 is 18.1 Å². The molecule has 0 heterocycles. The molecule has 0 fully saturated rings. The Morgan fingerprint density at radius 1 is 1.50 bits per heavy atom. The quantitative estimate of drug-likeness (QED) is 0.417. The van der Waals surface area contributed by atoms with Gasteiger partial charge in [-0.05, 0) is 12.1 Å². The summed E-state index contributed by atoms with van der Waals surface area (Å²) in [5.74, 6) is 5.17. The Labute approximate surface area is 116 Å². The molecule has 0 aromatic heterocycles. The van der Waals surface area contributed by atoms with Gasteiger partial charge in [0.15, 0.2) is 0 Å². The van der Waals surface area contributed by atoms with Crippen LogP contribution in [-0.2, 0) is 14.8 Å². The summed E-state index contributed by atoms with van der Waals surface area (Å²) in [4.78, 5) is 10.0. The summed E-state index contributed by atoms with van der Waals surface area (Å²) in [6.07, 6.45) is 0. The van der Waals surface area contributed by atoms with E-state index in [9.17, 15) is 18.5 Å². The predicted molar refractivity (Wildman–Crippen MR) is 72.6 cm³/mol. The highest BCUT2D eigenvalue weighted by Crippen LogP contribution is 2.27. The lowest BCUT2D eigenvalue weighted by atomic mass is 10.3. The third kappa shape index (κ3) is 3.42. The Kier molecular flexibility index (Phi) is 5.39. The monoisotopic (exact) mass is 304 g/mol. The SMILES string of the molecule is COCCN(C)S(=O)(=O)c1ccc([N+](=O)[O-])c(NN)c1. The summed E-state index contributed by atoms with van der Waals surface area (Å²) < 4.78 is 30.3. The van der Waals surface area contributed by atoms with Gasteiger partial charge in [-0.2, -0.15) is 4.31 Å². The molecule has 20 heavy (non-hydrogen) atoms. The molecule has 1 aromatic carbocycles. The highest BCUT2D eigenvalue weighted by atomic mass is 32.2. The number of sulfonamides is 1. The Balaban J connectivity index is 3.16. The molecule has 0 unspecified atom stereocenters. The number of nitrogens with two attached hydrogens (primary N) is 1. The van der Waals surface area contributed by atoms with Gasteiger partial charge in [-0.1, -0.05) is 0 Å². The molecule has 0 atom stereocenters. The highest BCUT2D eigenvalue weighted by molar-refractivity contribution is 7.89. The zero-order chi connectivity index (χ0) is 15.3. The fourth-order valence-electron chi connectivity index (χ4n) is 1.47. The fourth-order valence-corrected chi connectivity index (χ4v) is 2.65. The van der Waals surface area contributed by atoms with E-state index in [2.05, 4.69) is 5.43 Å². The number of nitrogen functional groups attached to an aromatic ring is 1. The van der Waals surface area contributed by atoms with Gasteiger partial charge >= 0.3 is 0 Å². The van der Waals surface area contributed by atoms with Crippen LogP contribution in [0.4, 0.5) is 11.4 Å². The molecule has 0 spiro atoms. The molecule has 0 radical (unpaired) electrons. The minimum Gasteiger partial charge on any atom is -0.383 e. The number of ether oxygens (including phenoxy) is 1. The summed E-state index contributed by atoms with van der Waals surface area (Å²) in [5.41, 5.74) is 1.75. The van der Waals surface area contributed by atoms with Crippen molar-refractivity contribution in [1.82, 2.24) is 4.31 Å². The molecule has 10 heteroatoms. The van der Waals surface area contributed by atoms with Crippen LogP contribution in [0.15, 0.2) is 23.1 Å². The molecule has 3 N–H and O–H groups in total. The van der Waals surface area contributed by atoms with Crippen LogP contribution in [-0.4, -0.2) is 45.0 Å². The normalized spacial score (nSPS) is 11.6. The van der Waals surface area contributed by atoms with E-state index in [0.717, 1.165) is 22.5 Å². The third-order valence-electron chi connectivity index (χ3n) is 2.64.